The average molecular weight is 238 g/mol. The van der Waals surface area contributed by atoms with Gasteiger partial charge in [-0.1, -0.05) is 6.07 Å². The Morgan fingerprint density at radius 1 is 1.24 bits per heavy atom. The quantitative estimate of drug-likeness (QED) is 0.707. The Hall–Kier alpha value is -1.71. The van der Waals surface area contributed by atoms with Gasteiger partial charge in [0.1, 0.15) is 11.5 Å². The van der Waals surface area contributed by atoms with Crippen LogP contribution in [0.3, 0.4) is 0 Å². The van der Waals surface area contributed by atoms with E-state index in [1.165, 1.54) is 0 Å². The summed E-state index contributed by atoms with van der Waals surface area (Å²) in [6.07, 6.45) is 2.68. The lowest BCUT2D eigenvalue weighted by Gasteiger charge is -2.07. The predicted octanol–water partition coefficient (Wildman–Crippen LogP) is 2.72. The number of rotatable bonds is 8. The highest BCUT2D eigenvalue weighted by molar-refractivity contribution is 5.66. The maximum atomic E-state index is 10.3. The van der Waals surface area contributed by atoms with Gasteiger partial charge in [0.15, 0.2) is 0 Å². The molecule has 0 bridgehead atoms. The number of carbonyl (C=O) groups is 1. The van der Waals surface area contributed by atoms with E-state index >= 15 is 0 Å². The van der Waals surface area contributed by atoms with Crippen LogP contribution in [0.4, 0.5) is 0 Å². The number of carboxylic acids is 1. The number of aliphatic carboxylic acids is 1. The molecular formula is C13H18O4. The van der Waals surface area contributed by atoms with Crippen LogP contribution in [-0.2, 0) is 4.79 Å². The highest BCUT2D eigenvalue weighted by atomic mass is 16.5. The summed E-state index contributed by atoms with van der Waals surface area (Å²) in [6, 6.07) is 7.44. The molecule has 1 aromatic carbocycles. The van der Waals surface area contributed by atoms with Gasteiger partial charge >= 0.3 is 5.97 Å². The second-order valence-electron chi connectivity index (χ2n) is 3.73. The number of unbranched alkanes of at least 4 members (excludes halogenated alkanes) is 2. The Morgan fingerprint density at radius 2 is 2.00 bits per heavy atom. The Labute approximate surface area is 101 Å². The van der Waals surface area contributed by atoms with Crippen LogP contribution in [-0.4, -0.2) is 24.8 Å². The van der Waals surface area contributed by atoms with Gasteiger partial charge in [-0.05, 0) is 31.4 Å². The van der Waals surface area contributed by atoms with Gasteiger partial charge < -0.3 is 14.6 Å². The van der Waals surface area contributed by atoms with Gasteiger partial charge in [0.05, 0.1) is 13.7 Å². The van der Waals surface area contributed by atoms with E-state index in [0.717, 1.165) is 24.3 Å². The van der Waals surface area contributed by atoms with E-state index < -0.39 is 5.97 Å². The second-order valence-corrected chi connectivity index (χ2v) is 3.73. The molecule has 0 aromatic heterocycles. The molecule has 0 aliphatic carbocycles. The lowest BCUT2D eigenvalue weighted by atomic mass is 10.2. The first kappa shape index (κ1) is 13.4. The van der Waals surface area contributed by atoms with E-state index in [0.29, 0.717) is 13.0 Å². The fourth-order valence-electron chi connectivity index (χ4n) is 1.44. The van der Waals surface area contributed by atoms with Crippen molar-refractivity contribution in [3.8, 4) is 11.5 Å². The third-order valence-corrected chi connectivity index (χ3v) is 2.34. The summed E-state index contributed by atoms with van der Waals surface area (Å²) in [5.74, 6) is 0.815. The Balaban J connectivity index is 2.15. The van der Waals surface area contributed by atoms with Crippen molar-refractivity contribution >= 4 is 5.97 Å². The number of methoxy groups -OCH3 is 1. The third-order valence-electron chi connectivity index (χ3n) is 2.34. The van der Waals surface area contributed by atoms with Crippen LogP contribution in [0.2, 0.25) is 0 Å². The molecule has 0 aliphatic heterocycles. The fraction of sp³-hybridized carbons (Fsp3) is 0.462. The second kappa shape index (κ2) is 7.54. The molecule has 0 atom stereocenters. The standard InChI is InChI=1S/C13H18O4/c1-16-11-6-5-7-12(10-11)17-9-4-2-3-8-13(14)15/h5-7,10H,2-4,8-9H2,1H3,(H,14,15). The number of hydrogen-bond acceptors (Lipinski definition) is 3. The van der Waals surface area contributed by atoms with Crippen LogP contribution < -0.4 is 9.47 Å². The summed E-state index contributed by atoms with van der Waals surface area (Å²) in [7, 11) is 1.62. The van der Waals surface area contributed by atoms with Crippen molar-refractivity contribution in [3.05, 3.63) is 24.3 Å². The van der Waals surface area contributed by atoms with Gasteiger partial charge in [-0.25, -0.2) is 0 Å². The maximum absolute atomic E-state index is 10.3. The summed E-state index contributed by atoms with van der Waals surface area (Å²) < 4.78 is 10.6. The Bertz CT molecular complexity index is 349. The molecule has 94 valence electrons. The number of ether oxygens (including phenoxy) is 2. The summed E-state index contributed by atoms with van der Waals surface area (Å²) in [5, 5.41) is 8.46. The molecule has 0 radical (unpaired) electrons. The van der Waals surface area contributed by atoms with E-state index in [1.807, 2.05) is 24.3 Å². The lowest BCUT2D eigenvalue weighted by Crippen LogP contribution is -1.99. The lowest BCUT2D eigenvalue weighted by molar-refractivity contribution is -0.137. The van der Waals surface area contributed by atoms with Crippen LogP contribution in [0, 0.1) is 0 Å². The molecule has 1 N–H and O–H groups in total. The molecule has 1 aromatic rings. The Kier molecular flexibility index (Phi) is 5.93. The molecule has 0 saturated heterocycles. The highest BCUT2D eigenvalue weighted by Gasteiger charge is 1.98. The van der Waals surface area contributed by atoms with Gasteiger partial charge in [-0.2, -0.15) is 0 Å². The van der Waals surface area contributed by atoms with Crippen LogP contribution in [0.5, 0.6) is 11.5 Å². The summed E-state index contributed by atoms with van der Waals surface area (Å²) in [5.41, 5.74) is 0. The average Bonchev–Trinajstić information content (AvgIpc) is 2.33. The molecule has 0 spiro atoms. The molecule has 0 amide bonds. The molecule has 0 heterocycles. The zero-order chi connectivity index (χ0) is 12.5. The zero-order valence-electron chi connectivity index (χ0n) is 10.0. The summed E-state index contributed by atoms with van der Waals surface area (Å²) in [6.45, 7) is 0.604. The number of carboxylic acid groups (broad SMARTS) is 1. The first-order valence-electron chi connectivity index (χ1n) is 5.71. The molecule has 0 aliphatic rings. The predicted molar refractivity (Wildman–Crippen MR) is 64.6 cm³/mol. The molecular weight excluding hydrogens is 220 g/mol. The molecule has 0 saturated carbocycles. The third kappa shape index (κ3) is 5.80. The van der Waals surface area contributed by atoms with E-state index in [-0.39, 0.29) is 6.42 Å². The smallest absolute Gasteiger partial charge is 0.303 e. The van der Waals surface area contributed by atoms with Crippen LogP contribution in [0.1, 0.15) is 25.7 Å². The van der Waals surface area contributed by atoms with E-state index in [4.69, 9.17) is 14.6 Å². The maximum Gasteiger partial charge on any atom is 0.303 e. The Morgan fingerprint density at radius 3 is 2.71 bits per heavy atom. The van der Waals surface area contributed by atoms with Crippen LogP contribution in [0.25, 0.3) is 0 Å². The SMILES string of the molecule is COc1cccc(OCCCCCC(=O)O)c1. The fourth-order valence-corrected chi connectivity index (χ4v) is 1.44. The summed E-state index contributed by atoms with van der Waals surface area (Å²) >= 11 is 0. The minimum absolute atomic E-state index is 0.235. The molecule has 0 fully saturated rings. The molecule has 17 heavy (non-hydrogen) atoms. The molecule has 0 unspecified atom stereocenters. The van der Waals surface area contributed by atoms with Crippen molar-refractivity contribution in [1.29, 1.82) is 0 Å². The van der Waals surface area contributed by atoms with Gasteiger partial charge in [0, 0.05) is 12.5 Å². The molecule has 1 rings (SSSR count). The first-order chi connectivity index (χ1) is 8.22. The highest BCUT2D eigenvalue weighted by Crippen LogP contribution is 2.19. The minimum Gasteiger partial charge on any atom is -0.497 e. The van der Waals surface area contributed by atoms with Gasteiger partial charge in [0.25, 0.3) is 0 Å². The summed E-state index contributed by atoms with van der Waals surface area (Å²) in [4.78, 5) is 10.3. The zero-order valence-corrected chi connectivity index (χ0v) is 10.0. The van der Waals surface area contributed by atoms with Gasteiger partial charge in [-0.3, -0.25) is 4.79 Å². The van der Waals surface area contributed by atoms with Crippen molar-refractivity contribution in [1.82, 2.24) is 0 Å². The van der Waals surface area contributed by atoms with Gasteiger partial charge in [0.2, 0.25) is 0 Å². The monoisotopic (exact) mass is 238 g/mol. The molecule has 4 nitrogen and oxygen atoms in total. The van der Waals surface area contributed by atoms with Crippen molar-refractivity contribution < 1.29 is 19.4 Å². The van der Waals surface area contributed by atoms with Crippen molar-refractivity contribution in [2.45, 2.75) is 25.7 Å². The molecule has 4 heteroatoms. The van der Waals surface area contributed by atoms with Crippen LogP contribution in [0.15, 0.2) is 24.3 Å². The van der Waals surface area contributed by atoms with E-state index in [1.54, 1.807) is 7.11 Å². The van der Waals surface area contributed by atoms with Crippen molar-refractivity contribution in [2.75, 3.05) is 13.7 Å². The minimum atomic E-state index is -0.737. The normalized spacial score (nSPS) is 9.94. The van der Waals surface area contributed by atoms with E-state index in [9.17, 15) is 4.79 Å². The topological polar surface area (TPSA) is 55.8 Å². The van der Waals surface area contributed by atoms with E-state index in [2.05, 4.69) is 0 Å². The number of hydrogen-bond donors (Lipinski definition) is 1. The van der Waals surface area contributed by atoms with Crippen molar-refractivity contribution in [3.63, 3.8) is 0 Å². The van der Waals surface area contributed by atoms with Gasteiger partial charge in [-0.15, -0.1) is 0 Å². The largest absolute Gasteiger partial charge is 0.497 e. The number of benzene rings is 1. The van der Waals surface area contributed by atoms with Crippen LogP contribution >= 0.6 is 0 Å². The van der Waals surface area contributed by atoms with Crippen molar-refractivity contribution in [2.24, 2.45) is 0 Å². The first-order valence-corrected chi connectivity index (χ1v) is 5.71.